The van der Waals surface area contributed by atoms with E-state index in [9.17, 15) is 0 Å². The molecule has 0 saturated carbocycles. The summed E-state index contributed by atoms with van der Waals surface area (Å²) in [5, 5.41) is 0. The van der Waals surface area contributed by atoms with Crippen molar-refractivity contribution >= 4 is 0 Å². The lowest BCUT2D eigenvalue weighted by molar-refractivity contribution is -0.217. The maximum absolute atomic E-state index is 5.51. The summed E-state index contributed by atoms with van der Waals surface area (Å²) in [6.45, 7) is 6.17. The second-order valence-corrected chi connectivity index (χ2v) is 7.21. The molecule has 1 aromatic carbocycles. The molecule has 124 valence electrons. The number of hydrogen-bond acceptors (Lipinski definition) is 4. The smallest absolute Gasteiger partial charge is 0.0880 e. The predicted molar refractivity (Wildman–Crippen MR) is 92.4 cm³/mol. The Morgan fingerprint density at radius 2 is 2.04 bits per heavy atom. The number of nitrogens with zero attached hydrogens (tertiary/aromatic N) is 3. The maximum atomic E-state index is 5.51. The van der Waals surface area contributed by atoms with Gasteiger partial charge in [-0.1, -0.05) is 30.3 Å². The van der Waals surface area contributed by atoms with Crippen molar-refractivity contribution in [2.24, 2.45) is 0 Å². The molecule has 0 N–H and O–H groups in total. The van der Waals surface area contributed by atoms with E-state index >= 15 is 0 Å². The second-order valence-electron chi connectivity index (χ2n) is 7.21. The third-order valence-electron chi connectivity index (χ3n) is 5.71. The number of morpholine rings is 1. The minimum Gasteiger partial charge on any atom is -0.373 e. The highest BCUT2D eigenvalue weighted by Gasteiger charge is 2.47. The Hall–Kier alpha value is -1.75. The Morgan fingerprint density at radius 3 is 2.79 bits per heavy atom. The van der Waals surface area contributed by atoms with Gasteiger partial charge in [-0.3, -0.25) is 14.8 Å². The molecule has 1 aromatic heterocycles. The number of benzene rings is 1. The molecule has 2 aromatic rings. The van der Waals surface area contributed by atoms with Crippen LogP contribution in [0.25, 0.3) is 0 Å². The van der Waals surface area contributed by atoms with E-state index in [2.05, 4.69) is 46.2 Å². The average Bonchev–Trinajstić information content (AvgIpc) is 2.60. The lowest BCUT2D eigenvalue weighted by Crippen LogP contribution is -2.69. The SMILES string of the molecule is c1ccc(CN2CCc3c(ccnc3CN3C[C@@H]4OCC43)C2)cc1. The first-order valence-corrected chi connectivity index (χ1v) is 8.94. The molecule has 2 saturated heterocycles. The molecule has 1 unspecified atom stereocenters. The van der Waals surface area contributed by atoms with Crippen LogP contribution in [0.1, 0.15) is 22.4 Å². The summed E-state index contributed by atoms with van der Waals surface area (Å²) in [6, 6.07) is 13.6. The molecule has 24 heavy (non-hydrogen) atoms. The Bertz CT molecular complexity index is 733. The fourth-order valence-electron chi connectivity index (χ4n) is 4.17. The van der Waals surface area contributed by atoms with Gasteiger partial charge in [0.1, 0.15) is 0 Å². The zero-order valence-electron chi connectivity index (χ0n) is 13.9. The third kappa shape index (κ3) is 2.55. The molecule has 4 nitrogen and oxygen atoms in total. The molecule has 4 heterocycles. The van der Waals surface area contributed by atoms with Gasteiger partial charge < -0.3 is 4.74 Å². The van der Waals surface area contributed by atoms with Gasteiger partial charge in [0.05, 0.1) is 24.4 Å². The first-order chi connectivity index (χ1) is 11.9. The summed E-state index contributed by atoms with van der Waals surface area (Å²) < 4.78 is 5.51. The van der Waals surface area contributed by atoms with Crippen LogP contribution in [-0.4, -0.2) is 46.6 Å². The molecule has 0 spiro atoms. The van der Waals surface area contributed by atoms with E-state index in [4.69, 9.17) is 9.72 Å². The number of ether oxygens (including phenoxy) is 1. The summed E-state index contributed by atoms with van der Waals surface area (Å²) in [6.07, 6.45) is 3.62. The molecular weight excluding hydrogens is 298 g/mol. The first-order valence-electron chi connectivity index (χ1n) is 8.94. The van der Waals surface area contributed by atoms with Crippen molar-refractivity contribution in [1.82, 2.24) is 14.8 Å². The van der Waals surface area contributed by atoms with E-state index in [-0.39, 0.29) is 0 Å². The van der Waals surface area contributed by atoms with Gasteiger partial charge in [0.15, 0.2) is 0 Å². The Morgan fingerprint density at radius 1 is 1.12 bits per heavy atom. The fourth-order valence-corrected chi connectivity index (χ4v) is 4.17. The van der Waals surface area contributed by atoms with Crippen LogP contribution in [0.4, 0.5) is 0 Å². The van der Waals surface area contributed by atoms with Gasteiger partial charge in [-0.25, -0.2) is 0 Å². The molecule has 0 aliphatic carbocycles. The van der Waals surface area contributed by atoms with Crippen molar-refractivity contribution in [2.45, 2.75) is 38.2 Å². The standard InChI is InChI=1S/C20H23N3O/c1-2-4-15(5-3-1)10-22-9-7-17-16(11-22)6-8-21-18(17)12-23-13-20-19(23)14-24-20/h1-6,8,19-20H,7,9-14H2/t19?,20-/m0/s1. The van der Waals surface area contributed by atoms with E-state index in [1.807, 2.05) is 6.20 Å². The van der Waals surface area contributed by atoms with Crippen LogP contribution in [0, 0.1) is 0 Å². The van der Waals surface area contributed by atoms with Gasteiger partial charge in [-0.15, -0.1) is 0 Å². The molecule has 2 atom stereocenters. The maximum Gasteiger partial charge on any atom is 0.0880 e. The molecule has 3 aliphatic rings. The highest BCUT2D eigenvalue weighted by atomic mass is 16.5. The molecule has 3 aliphatic heterocycles. The molecule has 0 radical (unpaired) electrons. The highest BCUT2D eigenvalue weighted by molar-refractivity contribution is 5.33. The quantitative estimate of drug-likeness (QED) is 0.863. The molecule has 0 bridgehead atoms. The number of fused-ring (bicyclic) bond motifs is 2. The molecule has 0 amide bonds. The molecule has 2 fully saturated rings. The van der Waals surface area contributed by atoms with Gasteiger partial charge in [-0.2, -0.15) is 0 Å². The number of likely N-dealkylation sites (tertiary alicyclic amines) is 1. The summed E-state index contributed by atoms with van der Waals surface area (Å²) in [5.41, 5.74) is 5.64. The van der Waals surface area contributed by atoms with Crippen molar-refractivity contribution < 1.29 is 4.74 Å². The predicted octanol–water partition coefficient (Wildman–Crippen LogP) is 2.22. The van der Waals surface area contributed by atoms with Gasteiger partial charge >= 0.3 is 0 Å². The Labute approximate surface area is 143 Å². The zero-order valence-corrected chi connectivity index (χ0v) is 13.9. The lowest BCUT2D eigenvalue weighted by atomic mass is 9.92. The molecule has 5 rings (SSSR count). The van der Waals surface area contributed by atoms with E-state index in [0.29, 0.717) is 12.1 Å². The summed E-state index contributed by atoms with van der Waals surface area (Å²) >= 11 is 0. The van der Waals surface area contributed by atoms with Crippen molar-refractivity contribution in [1.29, 1.82) is 0 Å². The van der Waals surface area contributed by atoms with Crippen LogP contribution in [0.3, 0.4) is 0 Å². The zero-order chi connectivity index (χ0) is 15.9. The third-order valence-corrected chi connectivity index (χ3v) is 5.71. The van der Waals surface area contributed by atoms with Crippen LogP contribution in [0.5, 0.6) is 0 Å². The Balaban J connectivity index is 1.29. The first kappa shape index (κ1) is 14.6. The highest BCUT2D eigenvalue weighted by Crippen LogP contribution is 2.32. The minimum absolute atomic E-state index is 0.505. The number of pyridine rings is 1. The second kappa shape index (κ2) is 5.96. The summed E-state index contributed by atoms with van der Waals surface area (Å²) in [4.78, 5) is 9.77. The van der Waals surface area contributed by atoms with E-state index < -0.39 is 0 Å². The van der Waals surface area contributed by atoms with E-state index in [1.165, 1.54) is 22.4 Å². The van der Waals surface area contributed by atoms with Gasteiger partial charge in [-0.05, 0) is 29.2 Å². The lowest BCUT2D eigenvalue weighted by Gasteiger charge is -2.54. The monoisotopic (exact) mass is 321 g/mol. The van der Waals surface area contributed by atoms with Gasteiger partial charge in [0.25, 0.3) is 0 Å². The van der Waals surface area contributed by atoms with Crippen LogP contribution < -0.4 is 0 Å². The number of rotatable bonds is 4. The summed E-state index contributed by atoms with van der Waals surface area (Å²) in [5.74, 6) is 0. The normalized spacial score (nSPS) is 26.2. The van der Waals surface area contributed by atoms with E-state index in [0.717, 1.165) is 45.8 Å². The molecule has 4 heteroatoms. The molecular formula is C20H23N3O. The van der Waals surface area contributed by atoms with Gasteiger partial charge in [0.2, 0.25) is 0 Å². The van der Waals surface area contributed by atoms with Crippen LogP contribution in [0.15, 0.2) is 42.6 Å². The van der Waals surface area contributed by atoms with Gasteiger partial charge in [0, 0.05) is 38.9 Å². The number of aromatic nitrogens is 1. The Kier molecular flexibility index (Phi) is 3.62. The fraction of sp³-hybridized carbons (Fsp3) is 0.450. The minimum atomic E-state index is 0.505. The average molecular weight is 321 g/mol. The van der Waals surface area contributed by atoms with Crippen molar-refractivity contribution in [3.05, 3.63) is 65.0 Å². The van der Waals surface area contributed by atoms with Crippen LogP contribution >= 0.6 is 0 Å². The van der Waals surface area contributed by atoms with Crippen molar-refractivity contribution in [3.63, 3.8) is 0 Å². The van der Waals surface area contributed by atoms with Crippen LogP contribution in [0.2, 0.25) is 0 Å². The topological polar surface area (TPSA) is 28.6 Å². The number of hydrogen-bond donors (Lipinski definition) is 0. The van der Waals surface area contributed by atoms with E-state index in [1.54, 1.807) is 0 Å². The largest absolute Gasteiger partial charge is 0.373 e. The van der Waals surface area contributed by atoms with Crippen LogP contribution in [-0.2, 0) is 30.8 Å². The summed E-state index contributed by atoms with van der Waals surface area (Å²) in [7, 11) is 0. The van der Waals surface area contributed by atoms with Crippen molar-refractivity contribution in [2.75, 3.05) is 19.7 Å². The van der Waals surface area contributed by atoms with Crippen molar-refractivity contribution in [3.8, 4) is 0 Å².